The Labute approximate surface area is 113 Å². The lowest BCUT2D eigenvalue weighted by atomic mass is 10.3. The van der Waals surface area contributed by atoms with Gasteiger partial charge >= 0.3 is 5.97 Å². The molecule has 0 unspecified atom stereocenters. The highest BCUT2D eigenvalue weighted by molar-refractivity contribution is 5.69. The molecule has 0 radical (unpaired) electrons. The third-order valence-corrected chi connectivity index (χ3v) is 2.77. The van der Waals surface area contributed by atoms with Crippen LogP contribution in [-0.2, 0) is 20.7 Å². The minimum absolute atomic E-state index is 0.229. The first-order chi connectivity index (χ1) is 9.21. The first kappa shape index (κ1) is 15.4. The minimum atomic E-state index is -0.229. The quantitative estimate of drug-likeness (QED) is 0.656. The van der Waals surface area contributed by atoms with E-state index in [4.69, 9.17) is 4.74 Å². The summed E-state index contributed by atoms with van der Waals surface area (Å²) in [6, 6.07) is 1.94. The van der Waals surface area contributed by atoms with E-state index in [2.05, 4.69) is 14.7 Å². The normalized spacial score (nSPS) is 10.3. The van der Waals surface area contributed by atoms with E-state index in [-0.39, 0.29) is 5.97 Å². The number of nitrogens with zero attached hydrogens (tertiary/aromatic N) is 3. The lowest BCUT2D eigenvalue weighted by Crippen LogP contribution is -2.30. The lowest BCUT2D eigenvalue weighted by molar-refractivity contribution is -0.140. The van der Waals surface area contributed by atoms with Crippen LogP contribution >= 0.6 is 0 Å². The topological polar surface area (TPSA) is 64.5 Å². The number of hydrogen-bond donors (Lipinski definition) is 0. The molecule has 6 heteroatoms. The summed E-state index contributed by atoms with van der Waals surface area (Å²) in [6.07, 6.45) is 2.72. The fourth-order valence-electron chi connectivity index (χ4n) is 1.62. The number of carbonyl (C=O) groups excluding carboxylic acids is 1. The van der Waals surface area contributed by atoms with E-state index in [9.17, 15) is 4.79 Å². The van der Waals surface area contributed by atoms with Crippen molar-refractivity contribution in [1.29, 1.82) is 0 Å². The number of ether oxygens (including phenoxy) is 2. The maximum Gasteiger partial charge on any atom is 0.307 e. The number of rotatable bonds is 8. The van der Waals surface area contributed by atoms with Crippen molar-refractivity contribution in [3.05, 3.63) is 18.1 Å². The van der Waals surface area contributed by atoms with Gasteiger partial charge in [0.2, 0.25) is 0 Å². The van der Waals surface area contributed by atoms with Crippen molar-refractivity contribution < 1.29 is 14.3 Å². The van der Waals surface area contributed by atoms with Crippen molar-refractivity contribution in [2.24, 2.45) is 0 Å². The molecule has 19 heavy (non-hydrogen) atoms. The van der Waals surface area contributed by atoms with Gasteiger partial charge in [0.1, 0.15) is 12.1 Å². The van der Waals surface area contributed by atoms with E-state index in [0.717, 1.165) is 17.9 Å². The van der Waals surface area contributed by atoms with Gasteiger partial charge in [0.15, 0.2) is 0 Å². The molecule has 0 fully saturated rings. The Morgan fingerprint density at radius 3 is 2.74 bits per heavy atom. The summed E-state index contributed by atoms with van der Waals surface area (Å²) in [5.74, 6) is 0.583. The Kier molecular flexibility index (Phi) is 6.81. The van der Waals surface area contributed by atoms with Crippen molar-refractivity contribution in [2.75, 3.05) is 38.8 Å². The zero-order valence-electron chi connectivity index (χ0n) is 11.8. The maximum atomic E-state index is 11.2. The molecule has 0 saturated heterocycles. The van der Waals surface area contributed by atoms with Crippen LogP contribution in [0.1, 0.15) is 19.0 Å². The Bertz CT molecular complexity index is 398. The molecular formula is C13H21N3O3. The van der Waals surface area contributed by atoms with Crippen LogP contribution in [0.4, 0.5) is 5.82 Å². The van der Waals surface area contributed by atoms with E-state index in [1.165, 1.54) is 7.11 Å². The molecule has 0 atom stereocenters. The molecule has 0 aliphatic heterocycles. The number of aryl methyl sites for hydroxylation is 1. The second-order valence-corrected chi connectivity index (χ2v) is 4.03. The van der Waals surface area contributed by atoms with Crippen molar-refractivity contribution in [3.63, 3.8) is 0 Å². The van der Waals surface area contributed by atoms with Crippen molar-refractivity contribution >= 4 is 11.8 Å². The number of carbonyl (C=O) groups is 1. The molecule has 0 N–H and O–H groups in total. The van der Waals surface area contributed by atoms with E-state index in [1.807, 2.05) is 17.9 Å². The Hall–Kier alpha value is -1.69. The fraction of sp³-hybridized carbons (Fsp3) is 0.615. The molecule has 1 aromatic heterocycles. The van der Waals surface area contributed by atoms with Crippen LogP contribution in [0.2, 0.25) is 0 Å². The third kappa shape index (κ3) is 5.21. The molecule has 106 valence electrons. The predicted molar refractivity (Wildman–Crippen MR) is 72.1 cm³/mol. The van der Waals surface area contributed by atoms with Crippen molar-refractivity contribution in [3.8, 4) is 0 Å². The molecular weight excluding hydrogens is 246 g/mol. The Balaban J connectivity index is 2.73. The second kappa shape index (κ2) is 8.42. The number of hydrogen-bond acceptors (Lipinski definition) is 6. The molecule has 0 bridgehead atoms. The van der Waals surface area contributed by atoms with E-state index >= 15 is 0 Å². The van der Waals surface area contributed by atoms with Crippen LogP contribution in [-0.4, -0.2) is 49.9 Å². The highest BCUT2D eigenvalue weighted by atomic mass is 16.5. The van der Waals surface area contributed by atoms with Crippen molar-refractivity contribution in [2.45, 2.75) is 19.8 Å². The third-order valence-electron chi connectivity index (χ3n) is 2.77. The zero-order chi connectivity index (χ0) is 14.1. The van der Waals surface area contributed by atoms with Gasteiger partial charge in [0, 0.05) is 32.0 Å². The van der Waals surface area contributed by atoms with Crippen LogP contribution in [0.15, 0.2) is 12.4 Å². The molecule has 0 aromatic carbocycles. The number of anilines is 1. The summed E-state index contributed by atoms with van der Waals surface area (Å²) >= 11 is 0. The van der Waals surface area contributed by atoms with E-state index in [1.54, 1.807) is 13.4 Å². The molecule has 0 aliphatic carbocycles. The number of methoxy groups -OCH3 is 2. The molecule has 0 spiro atoms. The number of aromatic nitrogens is 2. The Morgan fingerprint density at radius 1 is 1.32 bits per heavy atom. The van der Waals surface area contributed by atoms with Gasteiger partial charge in [-0.2, -0.15) is 0 Å². The molecule has 1 rings (SSSR count). The first-order valence-corrected chi connectivity index (χ1v) is 6.32. The average Bonchev–Trinajstić information content (AvgIpc) is 2.47. The zero-order valence-corrected chi connectivity index (χ0v) is 11.8. The van der Waals surface area contributed by atoms with Crippen LogP contribution in [0.3, 0.4) is 0 Å². The standard InChI is InChI=1S/C13H21N3O3/c1-4-11-9-12(15-10-14-11)16(7-8-18-2)6-5-13(17)19-3/h9-10H,4-8H2,1-3H3. The van der Waals surface area contributed by atoms with Gasteiger partial charge < -0.3 is 14.4 Å². The molecule has 0 aliphatic rings. The highest BCUT2D eigenvalue weighted by Crippen LogP contribution is 2.12. The fourth-order valence-corrected chi connectivity index (χ4v) is 1.62. The van der Waals surface area contributed by atoms with Gasteiger partial charge in [0.05, 0.1) is 20.1 Å². The monoisotopic (exact) mass is 267 g/mol. The SMILES string of the molecule is CCc1cc(N(CCOC)CCC(=O)OC)ncn1. The lowest BCUT2D eigenvalue weighted by Gasteiger charge is -2.23. The van der Waals surface area contributed by atoms with E-state index < -0.39 is 0 Å². The molecule has 1 heterocycles. The number of esters is 1. The van der Waals surface area contributed by atoms with Gasteiger partial charge in [-0.15, -0.1) is 0 Å². The molecule has 0 amide bonds. The highest BCUT2D eigenvalue weighted by Gasteiger charge is 2.11. The van der Waals surface area contributed by atoms with Crippen LogP contribution in [0.25, 0.3) is 0 Å². The smallest absolute Gasteiger partial charge is 0.307 e. The summed E-state index contributed by atoms with van der Waals surface area (Å²) in [5, 5.41) is 0. The summed E-state index contributed by atoms with van der Waals surface area (Å²) in [5.41, 5.74) is 0.977. The van der Waals surface area contributed by atoms with Gasteiger partial charge in [0.25, 0.3) is 0 Å². The summed E-state index contributed by atoms with van der Waals surface area (Å²) < 4.78 is 9.74. The molecule has 1 aromatic rings. The van der Waals surface area contributed by atoms with Gasteiger partial charge in [-0.1, -0.05) is 6.92 Å². The second-order valence-electron chi connectivity index (χ2n) is 4.03. The van der Waals surface area contributed by atoms with E-state index in [0.29, 0.717) is 26.1 Å². The van der Waals surface area contributed by atoms with Crippen LogP contribution in [0.5, 0.6) is 0 Å². The minimum Gasteiger partial charge on any atom is -0.469 e. The van der Waals surface area contributed by atoms with Crippen LogP contribution in [0, 0.1) is 0 Å². The molecule has 6 nitrogen and oxygen atoms in total. The first-order valence-electron chi connectivity index (χ1n) is 6.32. The summed E-state index contributed by atoms with van der Waals surface area (Å²) in [7, 11) is 3.04. The van der Waals surface area contributed by atoms with Gasteiger partial charge in [-0.25, -0.2) is 9.97 Å². The van der Waals surface area contributed by atoms with Crippen molar-refractivity contribution in [1.82, 2.24) is 9.97 Å². The summed E-state index contributed by atoms with van der Waals surface area (Å²) in [4.78, 5) is 21.7. The molecule has 0 saturated carbocycles. The summed E-state index contributed by atoms with van der Waals surface area (Å²) in [6.45, 7) is 3.84. The Morgan fingerprint density at radius 2 is 2.11 bits per heavy atom. The average molecular weight is 267 g/mol. The predicted octanol–water partition coefficient (Wildman–Crippen LogP) is 1.05. The maximum absolute atomic E-state index is 11.2. The van der Waals surface area contributed by atoms with Crippen LogP contribution < -0.4 is 4.90 Å². The van der Waals surface area contributed by atoms with Gasteiger partial charge in [-0.05, 0) is 6.42 Å². The van der Waals surface area contributed by atoms with Gasteiger partial charge in [-0.3, -0.25) is 4.79 Å². The largest absolute Gasteiger partial charge is 0.469 e.